The lowest BCUT2D eigenvalue weighted by atomic mass is 10.2. The molecule has 0 bridgehead atoms. The molecule has 0 aromatic heterocycles. The van der Waals surface area contributed by atoms with E-state index in [1.807, 2.05) is 34.9 Å². The van der Waals surface area contributed by atoms with Gasteiger partial charge in [0.05, 0.1) is 18.1 Å². The molecule has 0 aliphatic carbocycles. The van der Waals surface area contributed by atoms with Crippen molar-refractivity contribution in [1.29, 1.82) is 0 Å². The van der Waals surface area contributed by atoms with E-state index in [1.165, 1.54) is 13.2 Å². The molecule has 2 aromatic rings. The van der Waals surface area contributed by atoms with Crippen molar-refractivity contribution in [3.8, 4) is 11.5 Å². The summed E-state index contributed by atoms with van der Waals surface area (Å²) in [6.07, 6.45) is 0. The van der Waals surface area contributed by atoms with Crippen molar-refractivity contribution in [2.75, 3.05) is 44.8 Å². The van der Waals surface area contributed by atoms with Crippen molar-refractivity contribution in [2.24, 2.45) is 0 Å². The zero-order valence-electron chi connectivity index (χ0n) is 17.4. The van der Waals surface area contributed by atoms with Crippen LogP contribution < -0.4 is 19.7 Å². The molecule has 1 N–H and O–H groups in total. The number of piperazine rings is 1. The van der Waals surface area contributed by atoms with E-state index in [9.17, 15) is 14.9 Å². The topological polar surface area (TPSA) is 97.2 Å². The molecule has 3 rings (SSSR count). The molecule has 0 unspecified atom stereocenters. The number of anilines is 1. The number of amides is 1. The first-order valence-electron chi connectivity index (χ1n) is 9.73. The summed E-state index contributed by atoms with van der Waals surface area (Å²) < 4.78 is 10.6. The zero-order chi connectivity index (χ0) is 22.4. The van der Waals surface area contributed by atoms with Crippen molar-refractivity contribution in [3.63, 3.8) is 0 Å². The third kappa shape index (κ3) is 5.60. The van der Waals surface area contributed by atoms with E-state index < -0.39 is 4.92 Å². The van der Waals surface area contributed by atoms with Crippen LogP contribution >= 0.6 is 12.2 Å². The maximum atomic E-state index is 12.2. The third-order valence-corrected chi connectivity index (χ3v) is 5.35. The van der Waals surface area contributed by atoms with Crippen molar-refractivity contribution >= 4 is 34.6 Å². The van der Waals surface area contributed by atoms with Crippen LogP contribution in [0.1, 0.15) is 5.56 Å². The fourth-order valence-corrected chi connectivity index (χ4v) is 3.59. The molecule has 1 fully saturated rings. The van der Waals surface area contributed by atoms with Crippen LogP contribution in [-0.2, 0) is 4.79 Å². The van der Waals surface area contributed by atoms with Gasteiger partial charge in [-0.15, -0.1) is 0 Å². The number of nitro benzene ring substituents is 1. The summed E-state index contributed by atoms with van der Waals surface area (Å²) in [5.41, 5.74) is 1.48. The molecule has 31 heavy (non-hydrogen) atoms. The second-order valence-electron chi connectivity index (χ2n) is 6.99. The molecule has 1 heterocycles. The van der Waals surface area contributed by atoms with Crippen molar-refractivity contribution in [2.45, 2.75) is 6.92 Å². The molecule has 0 atom stereocenters. The maximum absolute atomic E-state index is 12.2. The molecule has 0 saturated carbocycles. The molecule has 1 aliphatic heterocycles. The first-order valence-corrected chi connectivity index (χ1v) is 10.1. The normalized spacial score (nSPS) is 13.5. The van der Waals surface area contributed by atoms with Crippen LogP contribution in [0.2, 0.25) is 0 Å². The standard InChI is InChI=1S/C21H24N4O5S/c1-15-5-3-4-6-19(15)30-14-20(26)22-21(31)24-11-9-23(10-12-24)17-8-7-16(29-2)13-18(17)25(27)28/h3-8,13H,9-12,14H2,1-2H3,(H,22,26,31). The number of ether oxygens (including phenoxy) is 2. The number of rotatable bonds is 6. The minimum Gasteiger partial charge on any atom is -0.496 e. The highest BCUT2D eigenvalue weighted by molar-refractivity contribution is 7.80. The van der Waals surface area contributed by atoms with E-state index in [0.717, 1.165) is 5.56 Å². The van der Waals surface area contributed by atoms with Gasteiger partial charge < -0.3 is 24.6 Å². The highest BCUT2D eigenvalue weighted by atomic mass is 32.1. The lowest BCUT2D eigenvalue weighted by Crippen LogP contribution is -2.53. The molecule has 164 valence electrons. The third-order valence-electron chi connectivity index (χ3n) is 4.99. The maximum Gasteiger partial charge on any atom is 0.296 e. The SMILES string of the molecule is COc1ccc(N2CCN(C(=S)NC(=O)COc3ccccc3C)CC2)c([N+](=O)[O-])c1. The second-order valence-corrected chi connectivity index (χ2v) is 7.38. The van der Waals surface area contributed by atoms with Gasteiger partial charge in [0.2, 0.25) is 0 Å². The van der Waals surface area contributed by atoms with Gasteiger partial charge in [0, 0.05) is 26.2 Å². The minimum atomic E-state index is -0.413. The van der Waals surface area contributed by atoms with Gasteiger partial charge in [-0.2, -0.15) is 0 Å². The summed E-state index contributed by atoms with van der Waals surface area (Å²) in [7, 11) is 1.47. The lowest BCUT2D eigenvalue weighted by Gasteiger charge is -2.37. The van der Waals surface area contributed by atoms with E-state index in [2.05, 4.69) is 5.32 Å². The number of aryl methyl sites for hydroxylation is 1. The van der Waals surface area contributed by atoms with Crippen LogP contribution in [0.15, 0.2) is 42.5 Å². The summed E-state index contributed by atoms with van der Waals surface area (Å²) >= 11 is 5.36. The van der Waals surface area contributed by atoms with E-state index in [1.54, 1.807) is 18.2 Å². The van der Waals surface area contributed by atoms with Gasteiger partial charge in [-0.05, 0) is 42.9 Å². The Kier molecular flexibility index (Phi) is 7.24. The minimum absolute atomic E-state index is 0.00275. The molecule has 0 spiro atoms. The van der Waals surface area contributed by atoms with Gasteiger partial charge in [-0.25, -0.2) is 0 Å². The number of nitrogens with one attached hydrogen (secondary N) is 1. The Morgan fingerprint density at radius 1 is 1.19 bits per heavy atom. The molecule has 0 radical (unpaired) electrons. The Bertz CT molecular complexity index is 976. The number of hydrogen-bond acceptors (Lipinski definition) is 7. The molecule has 1 amide bonds. The number of benzene rings is 2. The predicted octanol–water partition coefficient (Wildman–Crippen LogP) is 2.51. The number of hydrogen-bond donors (Lipinski definition) is 1. The summed E-state index contributed by atoms with van der Waals surface area (Å²) in [6.45, 7) is 3.89. The van der Waals surface area contributed by atoms with E-state index in [0.29, 0.717) is 48.5 Å². The molecule has 1 aliphatic rings. The highest BCUT2D eigenvalue weighted by Gasteiger charge is 2.25. The Morgan fingerprint density at radius 2 is 1.90 bits per heavy atom. The average Bonchev–Trinajstić information content (AvgIpc) is 2.78. The van der Waals surface area contributed by atoms with E-state index in [4.69, 9.17) is 21.7 Å². The van der Waals surface area contributed by atoms with E-state index >= 15 is 0 Å². The molecule has 1 saturated heterocycles. The van der Waals surface area contributed by atoms with Gasteiger partial charge in [0.1, 0.15) is 17.2 Å². The van der Waals surface area contributed by atoms with Gasteiger partial charge in [0.15, 0.2) is 11.7 Å². The summed E-state index contributed by atoms with van der Waals surface area (Å²) in [5.74, 6) is 0.755. The fraction of sp³-hybridized carbons (Fsp3) is 0.333. The van der Waals surface area contributed by atoms with Crippen molar-refractivity contribution in [1.82, 2.24) is 10.2 Å². The van der Waals surface area contributed by atoms with Crippen LogP contribution in [0.4, 0.5) is 11.4 Å². The van der Waals surface area contributed by atoms with Gasteiger partial charge in [-0.3, -0.25) is 14.9 Å². The number of methoxy groups -OCH3 is 1. The number of nitro groups is 1. The smallest absolute Gasteiger partial charge is 0.296 e. The number of carbonyl (C=O) groups is 1. The quantitative estimate of drug-likeness (QED) is 0.412. The van der Waals surface area contributed by atoms with Crippen molar-refractivity contribution in [3.05, 3.63) is 58.1 Å². The number of nitrogens with zero attached hydrogens (tertiary/aromatic N) is 3. The molecular weight excluding hydrogens is 420 g/mol. The molecule has 2 aromatic carbocycles. The highest BCUT2D eigenvalue weighted by Crippen LogP contribution is 2.32. The van der Waals surface area contributed by atoms with Gasteiger partial charge in [-0.1, -0.05) is 18.2 Å². The van der Waals surface area contributed by atoms with Crippen LogP contribution in [-0.4, -0.2) is 60.7 Å². The van der Waals surface area contributed by atoms with Gasteiger partial charge >= 0.3 is 0 Å². The molecule has 9 nitrogen and oxygen atoms in total. The Labute approximate surface area is 185 Å². The van der Waals surface area contributed by atoms with Gasteiger partial charge in [0.25, 0.3) is 11.6 Å². The molecular formula is C21H24N4O5S. The predicted molar refractivity (Wildman–Crippen MR) is 121 cm³/mol. The zero-order valence-corrected chi connectivity index (χ0v) is 18.2. The summed E-state index contributed by atoms with van der Waals surface area (Å²) in [6, 6.07) is 12.3. The van der Waals surface area contributed by atoms with Crippen molar-refractivity contribution < 1.29 is 19.2 Å². The first kappa shape index (κ1) is 22.3. The second kappa shape index (κ2) is 10.1. The Morgan fingerprint density at radius 3 is 2.55 bits per heavy atom. The van der Waals surface area contributed by atoms with E-state index in [-0.39, 0.29) is 18.2 Å². The summed E-state index contributed by atoms with van der Waals surface area (Å²) in [5, 5.41) is 14.5. The number of thiocarbonyl (C=S) groups is 1. The molecule has 10 heteroatoms. The lowest BCUT2D eigenvalue weighted by molar-refractivity contribution is -0.384. The summed E-state index contributed by atoms with van der Waals surface area (Å²) in [4.78, 5) is 27.0. The Hall–Kier alpha value is -3.40. The van der Waals surface area contributed by atoms with Crippen LogP contribution in [0, 0.1) is 17.0 Å². The number of carbonyl (C=O) groups excluding carboxylic acids is 1. The monoisotopic (exact) mass is 444 g/mol. The first-order chi connectivity index (χ1) is 14.9. The largest absolute Gasteiger partial charge is 0.496 e. The average molecular weight is 445 g/mol. The fourth-order valence-electron chi connectivity index (χ4n) is 3.29. The number of para-hydroxylation sites is 1. The Balaban J connectivity index is 1.52. The van der Waals surface area contributed by atoms with Crippen LogP contribution in [0.25, 0.3) is 0 Å². The van der Waals surface area contributed by atoms with Crippen LogP contribution in [0.3, 0.4) is 0 Å². The van der Waals surface area contributed by atoms with Crippen LogP contribution in [0.5, 0.6) is 11.5 Å².